The minimum absolute atomic E-state index is 0. The Labute approximate surface area is 375 Å². The smallest absolute Gasteiger partial charge is 0.216 e. The number of imidazole rings is 1. The average molecular weight is 995 g/mol. The first-order chi connectivity index (χ1) is 28.7. The molecule has 0 aliphatic carbocycles. The van der Waals surface area contributed by atoms with Gasteiger partial charge in [-0.1, -0.05) is 132 Å². The summed E-state index contributed by atoms with van der Waals surface area (Å²) in [4.78, 5) is 14.6. The number of para-hydroxylation sites is 2. The molecule has 9 rings (SSSR count). The monoisotopic (exact) mass is 995 g/mol. The maximum atomic E-state index is 6.47. The van der Waals surface area contributed by atoms with Gasteiger partial charge in [0.25, 0.3) is 0 Å². The van der Waals surface area contributed by atoms with Crippen molar-refractivity contribution in [3.63, 3.8) is 0 Å². The van der Waals surface area contributed by atoms with Crippen molar-refractivity contribution in [2.45, 2.75) is 79.9 Å². The molecule has 5 nitrogen and oxygen atoms in total. The topological polar surface area (TPSA) is 56.7 Å². The molecule has 0 fully saturated rings. The molecule has 0 amide bonds. The third-order valence-electron chi connectivity index (χ3n) is 11.1. The van der Waals surface area contributed by atoms with Crippen LogP contribution in [0, 0.1) is 31.9 Å². The molecule has 0 unspecified atom stereocenters. The number of benzene rings is 5. The number of rotatable bonds is 7. The van der Waals surface area contributed by atoms with E-state index in [9.17, 15) is 0 Å². The van der Waals surface area contributed by atoms with Crippen LogP contribution in [0.3, 0.4) is 0 Å². The Kier molecular flexibility index (Phi) is 12.5. The first kappa shape index (κ1) is 43.6. The fraction of sp³-hybridized carbons (Fsp3) is 0.241. The van der Waals surface area contributed by atoms with Gasteiger partial charge in [-0.25, -0.2) is 4.98 Å². The quantitative estimate of drug-likeness (QED) is 0.118. The van der Waals surface area contributed by atoms with Gasteiger partial charge in [0.1, 0.15) is 0 Å². The van der Waals surface area contributed by atoms with E-state index >= 15 is 0 Å². The van der Waals surface area contributed by atoms with E-state index in [1.54, 1.807) is 0 Å². The summed E-state index contributed by atoms with van der Waals surface area (Å²) >= 11 is 0. The predicted octanol–water partition coefficient (Wildman–Crippen LogP) is 13.7. The van der Waals surface area contributed by atoms with Crippen LogP contribution in [0.15, 0.2) is 132 Å². The van der Waals surface area contributed by atoms with Crippen molar-refractivity contribution in [3.8, 4) is 39.5 Å². The summed E-state index contributed by atoms with van der Waals surface area (Å²) in [7, 11) is -1.34. The number of hydrogen-bond acceptors (Lipinski definition) is 4. The van der Waals surface area contributed by atoms with Crippen LogP contribution < -0.4 is 5.19 Å². The van der Waals surface area contributed by atoms with Crippen LogP contribution in [0.25, 0.3) is 72.6 Å². The molecule has 5 aromatic carbocycles. The molecule has 4 aromatic heterocycles. The van der Waals surface area contributed by atoms with Gasteiger partial charge in [-0.05, 0) is 88.6 Å². The molecular weight excluding hydrogens is 941 g/mol. The van der Waals surface area contributed by atoms with Gasteiger partial charge >= 0.3 is 0 Å². The zero-order chi connectivity index (χ0) is 42.3. The molecule has 61 heavy (non-hydrogen) atoms. The molecule has 1 radical (unpaired) electrons. The molecular formula is C54H54IrN4OSi-2. The van der Waals surface area contributed by atoms with Crippen LogP contribution in [-0.4, -0.2) is 27.6 Å². The van der Waals surface area contributed by atoms with E-state index in [-0.39, 0.29) is 25.5 Å². The first-order valence-corrected chi connectivity index (χ1v) is 24.5. The van der Waals surface area contributed by atoms with Crippen molar-refractivity contribution in [1.29, 1.82) is 0 Å². The van der Waals surface area contributed by atoms with Gasteiger partial charge in [0.05, 0.1) is 30.5 Å². The Morgan fingerprint density at radius 1 is 0.787 bits per heavy atom. The molecule has 9 aromatic rings. The zero-order valence-corrected chi connectivity index (χ0v) is 40.3. The van der Waals surface area contributed by atoms with E-state index in [2.05, 4.69) is 179 Å². The van der Waals surface area contributed by atoms with Crippen LogP contribution in [0.1, 0.15) is 57.0 Å². The Balaban J connectivity index is 0.000000226. The number of nitrogens with zero attached hydrogens (tertiary/aromatic N) is 4. The van der Waals surface area contributed by atoms with Crippen LogP contribution in [0.5, 0.6) is 0 Å². The molecule has 0 aliphatic rings. The average Bonchev–Trinajstić information content (AvgIpc) is 3.80. The Bertz CT molecular complexity index is 2970. The predicted molar refractivity (Wildman–Crippen MR) is 254 cm³/mol. The van der Waals surface area contributed by atoms with Crippen molar-refractivity contribution in [3.05, 3.63) is 162 Å². The van der Waals surface area contributed by atoms with Gasteiger partial charge in [-0.3, -0.25) is 4.98 Å². The van der Waals surface area contributed by atoms with Crippen molar-refractivity contribution >= 4 is 46.4 Å². The van der Waals surface area contributed by atoms with Gasteiger partial charge in [-0.15, -0.1) is 53.6 Å². The maximum Gasteiger partial charge on any atom is 0.216 e. The summed E-state index contributed by atoms with van der Waals surface area (Å²) in [5.41, 5.74) is 14.5. The summed E-state index contributed by atoms with van der Waals surface area (Å²) in [6.07, 6.45) is 3.24. The second-order valence-electron chi connectivity index (χ2n) is 18.4. The van der Waals surface area contributed by atoms with E-state index in [1.165, 1.54) is 27.4 Å². The normalized spacial score (nSPS) is 11.9. The van der Waals surface area contributed by atoms with Gasteiger partial charge in [-0.2, -0.15) is 0 Å². The molecule has 0 bridgehead atoms. The van der Waals surface area contributed by atoms with Crippen molar-refractivity contribution in [1.82, 2.24) is 19.5 Å². The second-order valence-corrected chi connectivity index (χ2v) is 23.5. The van der Waals surface area contributed by atoms with Crippen molar-refractivity contribution in [2.24, 2.45) is 5.92 Å². The standard InChI is InChI=1S/C36H30N3O.C18H24NSi.Ir/c1-22-15-18-27(33-32(22)26-19-16-23(2)37-35(26)40-33)34-38-29-13-9-10-14-31(29)39(34)30-20-17-25(21-28(30)36(3,4)5)24-11-7-6-8-12-24;1-14(2)11-16-12-17(15-9-7-6-8-10-15)19-13-18(16)20(3,4)5;/h6-17,19-21H,1-5H3;6-9,12-14H,11H2,1-5H3;/q2*-1;. The van der Waals surface area contributed by atoms with Gasteiger partial charge in [0.2, 0.25) is 5.71 Å². The Hall–Kier alpha value is -5.46. The molecule has 4 heterocycles. The Morgan fingerprint density at radius 3 is 2.23 bits per heavy atom. The molecule has 0 N–H and O–H groups in total. The first-order valence-electron chi connectivity index (χ1n) is 21.0. The molecule has 0 atom stereocenters. The third kappa shape index (κ3) is 8.97. The van der Waals surface area contributed by atoms with Crippen LogP contribution in [-0.2, 0) is 31.9 Å². The number of furan rings is 1. The number of aromatic nitrogens is 4. The second kappa shape index (κ2) is 17.5. The minimum atomic E-state index is -1.34. The van der Waals surface area contributed by atoms with Gasteiger partial charge in [0.15, 0.2) is 0 Å². The summed E-state index contributed by atoms with van der Waals surface area (Å²) in [5.74, 6) is 1.47. The largest absolute Gasteiger partial charge is 0.486 e. The summed E-state index contributed by atoms with van der Waals surface area (Å²) < 4.78 is 8.74. The van der Waals surface area contributed by atoms with Crippen LogP contribution in [0.4, 0.5) is 0 Å². The molecule has 0 saturated carbocycles. The summed E-state index contributed by atoms with van der Waals surface area (Å²) in [5, 5.41) is 3.56. The molecule has 0 spiro atoms. The minimum Gasteiger partial charge on any atom is -0.486 e. The number of aryl methyl sites for hydroxylation is 2. The van der Waals surface area contributed by atoms with E-state index in [0.29, 0.717) is 11.6 Å². The molecule has 0 aliphatic heterocycles. The fourth-order valence-corrected chi connectivity index (χ4v) is 9.77. The zero-order valence-electron chi connectivity index (χ0n) is 36.9. The van der Waals surface area contributed by atoms with E-state index in [1.807, 2.05) is 43.3 Å². The van der Waals surface area contributed by atoms with Crippen molar-refractivity contribution in [2.75, 3.05) is 0 Å². The molecule has 7 heteroatoms. The van der Waals surface area contributed by atoms with E-state index < -0.39 is 8.07 Å². The molecule has 0 saturated heterocycles. The van der Waals surface area contributed by atoms with Crippen molar-refractivity contribution < 1.29 is 24.5 Å². The summed E-state index contributed by atoms with van der Waals surface area (Å²) in [6.45, 7) is 22.6. The van der Waals surface area contributed by atoms with Crippen LogP contribution in [0.2, 0.25) is 19.6 Å². The number of fused-ring (bicyclic) bond motifs is 4. The Morgan fingerprint density at radius 2 is 1.52 bits per heavy atom. The SMILES string of the molecule is CC(C)Cc1cc(-c2[c-]cccc2)ncc1[Si](C)(C)C.Cc1ccc2c(n1)oc1c(-c3nc4ccccc4n3-c3ccc(-c4ccccc4)cc3C(C)(C)C)[c-]cc(C)c12.[Ir]. The maximum absolute atomic E-state index is 6.47. The van der Waals surface area contributed by atoms with Gasteiger partial charge in [0, 0.05) is 43.1 Å². The molecule has 311 valence electrons. The van der Waals surface area contributed by atoms with Gasteiger partial charge < -0.3 is 14.0 Å². The third-order valence-corrected chi connectivity index (χ3v) is 13.2. The van der Waals surface area contributed by atoms with Crippen LogP contribution >= 0.6 is 0 Å². The summed E-state index contributed by atoms with van der Waals surface area (Å²) in [6, 6.07) is 49.0. The number of pyridine rings is 2. The van der Waals surface area contributed by atoms with E-state index in [0.717, 1.165) is 73.4 Å². The number of hydrogen-bond donors (Lipinski definition) is 0. The van der Waals surface area contributed by atoms with E-state index in [4.69, 9.17) is 9.40 Å². The fourth-order valence-electron chi connectivity index (χ4n) is 8.18.